The maximum atomic E-state index is 14.0. The zero-order valence-electron chi connectivity index (χ0n) is 21.9. The van der Waals surface area contributed by atoms with E-state index in [1.165, 1.54) is 17.0 Å². The van der Waals surface area contributed by atoms with Crippen LogP contribution in [0.1, 0.15) is 48.2 Å². The third kappa shape index (κ3) is 4.54. The number of piperidine rings is 1. The minimum Gasteiger partial charge on any atom is -0.480 e. The fourth-order valence-electron chi connectivity index (χ4n) is 5.70. The van der Waals surface area contributed by atoms with Crippen LogP contribution in [0.15, 0.2) is 42.7 Å². The Morgan fingerprint density at radius 1 is 1.13 bits per heavy atom. The maximum absolute atomic E-state index is 14.0. The van der Waals surface area contributed by atoms with Gasteiger partial charge in [-0.2, -0.15) is 18.3 Å². The molecule has 1 atom stereocenters. The molecular weight excluding hydrogens is 497 g/mol. The van der Waals surface area contributed by atoms with Crippen molar-refractivity contribution in [1.82, 2.24) is 19.7 Å². The van der Waals surface area contributed by atoms with E-state index in [-0.39, 0.29) is 30.2 Å². The summed E-state index contributed by atoms with van der Waals surface area (Å²) >= 11 is 0. The first-order valence-corrected chi connectivity index (χ1v) is 12.6. The van der Waals surface area contributed by atoms with E-state index in [2.05, 4.69) is 15.0 Å². The highest BCUT2D eigenvalue weighted by Gasteiger charge is 2.43. The summed E-state index contributed by atoms with van der Waals surface area (Å²) in [5, 5.41) is 4.60. The lowest BCUT2D eigenvalue weighted by atomic mass is 9.97. The van der Waals surface area contributed by atoms with E-state index >= 15 is 0 Å². The number of methoxy groups -OCH3 is 1. The number of aromatic nitrogens is 3. The summed E-state index contributed by atoms with van der Waals surface area (Å²) < 4.78 is 48.3. The number of benzene rings is 1. The Balaban J connectivity index is 1.43. The van der Waals surface area contributed by atoms with E-state index < -0.39 is 11.7 Å². The first-order chi connectivity index (χ1) is 18.1. The van der Waals surface area contributed by atoms with Gasteiger partial charge in [-0.3, -0.25) is 9.58 Å². The summed E-state index contributed by atoms with van der Waals surface area (Å²) in [5.74, 6) is 0.568. The Morgan fingerprint density at radius 3 is 2.53 bits per heavy atom. The van der Waals surface area contributed by atoms with Gasteiger partial charge in [-0.1, -0.05) is 18.2 Å². The van der Waals surface area contributed by atoms with E-state index in [1.54, 1.807) is 42.2 Å². The number of urea groups is 1. The van der Waals surface area contributed by atoms with Gasteiger partial charge in [0.15, 0.2) is 0 Å². The van der Waals surface area contributed by atoms with E-state index in [1.807, 2.05) is 19.9 Å². The van der Waals surface area contributed by atoms with Crippen LogP contribution in [0.3, 0.4) is 0 Å². The van der Waals surface area contributed by atoms with E-state index in [0.717, 1.165) is 17.3 Å². The smallest absolute Gasteiger partial charge is 0.416 e. The van der Waals surface area contributed by atoms with Gasteiger partial charge in [-0.05, 0) is 49.9 Å². The van der Waals surface area contributed by atoms with Gasteiger partial charge in [0, 0.05) is 38.6 Å². The quantitative estimate of drug-likeness (QED) is 0.448. The molecule has 1 aromatic carbocycles. The van der Waals surface area contributed by atoms with Crippen LogP contribution in [0, 0.1) is 6.92 Å². The summed E-state index contributed by atoms with van der Waals surface area (Å²) in [5.41, 5.74) is 2.55. The minimum atomic E-state index is -4.52. The molecule has 8 nitrogen and oxygen atoms in total. The second kappa shape index (κ2) is 9.85. The minimum absolute atomic E-state index is 0.0478. The van der Waals surface area contributed by atoms with Crippen molar-refractivity contribution >= 4 is 17.4 Å². The van der Waals surface area contributed by atoms with Crippen LogP contribution in [0.2, 0.25) is 0 Å². The number of hydrogen-bond donors (Lipinski definition) is 0. The lowest BCUT2D eigenvalue weighted by Crippen LogP contribution is -2.55. The molecule has 202 valence electrons. The first-order valence-electron chi connectivity index (χ1n) is 12.6. The number of amides is 2. The Kier molecular flexibility index (Phi) is 6.70. The molecule has 5 rings (SSSR count). The second-order valence-electron chi connectivity index (χ2n) is 9.88. The molecule has 2 aliphatic rings. The number of anilines is 2. The number of rotatable bonds is 5. The molecule has 0 saturated carbocycles. The number of aryl methyl sites for hydroxylation is 2. The number of fused-ring (bicyclic) bond motifs is 1. The number of pyridine rings is 1. The monoisotopic (exact) mass is 528 g/mol. The SMILES string of the molecule is COc1nccc(C)c1N1CCC(N2C(=O)N(Cc3ccccc3C(F)(F)F)c3cn(C)nc3[C@H]2C)CC1. The topological polar surface area (TPSA) is 66.7 Å². The maximum Gasteiger partial charge on any atom is 0.416 e. The molecule has 11 heteroatoms. The molecular formula is C27H31F3N6O2. The van der Waals surface area contributed by atoms with E-state index in [0.29, 0.717) is 43.2 Å². The Hall–Kier alpha value is -3.76. The van der Waals surface area contributed by atoms with Gasteiger partial charge in [-0.25, -0.2) is 9.78 Å². The Bertz CT molecular complexity index is 1330. The van der Waals surface area contributed by atoms with Crippen LogP contribution in [-0.2, 0) is 19.8 Å². The highest BCUT2D eigenvalue weighted by molar-refractivity contribution is 5.95. The summed E-state index contributed by atoms with van der Waals surface area (Å²) in [4.78, 5) is 23.8. The molecule has 4 heterocycles. The first kappa shape index (κ1) is 25.9. The van der Waals surface area contributed by atoms with Crippen molar-refractivity contribution in [1.29, 1.82) is 0 Å². The molecule has 0 radical (unpaired) electrons. The van der Waals surface area contributed by atoms with E-state index in [9.17, 15) is 18.0 Å². The summed E-state index contributed by atoms with van der Waals surface area (Å²) in [6, 6.07) is 6.65. The lowest BCUT2D eigenvalue weighted by molar-refractivity contribution is -0.138. The molecule has 0 aliphatic carbocycles. The molecule has 2 aromatic heterocycles. The molecule has 0 unspecified atom stereocenters. The summed E-state index contributed by atoms with van der Waals surface area (Å²) in [6.45, 7) is 5.14. The second-order valence-corrected chi connectivity index (χ2v) is 9.88. The highest BCUT2D eigenvalue weighted by atomic mass is 19.4. The standard InChI is InChI=1S/C27H31F3N6O2/c1-17-9-12-31-25(38-4)24(17)34-13-10-20(11-14-34)36-18(2)23-22(16-33(3)32-23)35(26(36)37)15-19-7-5-6-8-21(19)27(28,29)30/h5-9,12,16,18,20H,10-11,13-15H2,1-4H3/t18-/m1/s1. The van der Waals surface area contributed by atoms with Gasteiger partial charge < -0.3 is 14.5 Å². The number of halogens is 3. The van der Waals surface area contributed by atoms with Gasteiger partial charge in [0.05, 0.1) is 30.9 Å². The fraction of sp³-hybridized carbons (Fsp3) is 0.444. The Labute approximate surface area is 219 Å². The molecule has 3 aromatic rings. The largest absolute Gasteiger partial charge is 0.480 e. The number of alkyl halides is 3. The van der Waals surface area contributed by atoms with Crippen LogP contribution in [0.4, 0.5) is 29.3 Å². The van der Waals surface area contributed by atoms with Crippen LogP contribution >= 0.6 is 0 Å². The predicted molar refractivity (Wildman–Crippen MR) is 137 cm³/mol. The molecule has 1 saturated heterocycles. The number of carbonyl (C=O) groups is 1. The summed E-state index contributed by atoms with van der Waals surface area (Å²) in [6.07, 6.45) is 0.301. The normalized spacial score (nSPS) is 18.7. The van der Waals surface area contributed by atoms with E-state index in [4.69, 9.17) is 4.74 Å². The zero-order valence-corrected chi connectivity index (χ0v) is 21.9. The highest BCUT2D eigenvalue weighted by Crippen LogP contribution is 2.41. The van der Waals surface area contributed by atoms with Gasteiger partial charge >= 0.3 is 12.2 Å². The van der Waals surface area contributed by atoms with Crippen LogP contribution in [0.5, 0.6) is 5.88 Å². The van der Waals surface area contributed by atoms with Crippen molar-refractivity contribution in [3.8, 4) is 5.88 Å². The van der Waals surface area contributed by atoms with Crippen molar-refractivity contribution in [3.63, 3.8) is 0 Å². The van der Waals surface area contributed by atoms with Crippen molar-refractivity contribution < 1.29 is 22.7 Å². The summed E-state index contributed by atoms with van der Waals surface area (Å²) in [7, 11) is 3.35. The molecule has 38 heavy (non-hydrogen) atoms. The van der Waals surface area contributed by atoms with Gasteiger partial charge in [0.2, 0.25) is 5.88 Å². The predicted octanol–water partition coefficient (Wildman–Crippen LogP) is 5.32. The molecule has 1 fully saturated rings. The molecule has 0 spiro atoms. The van der Waals surface area contributed by atoms with Crippen molar-refractivity contribution in [2.24, 2.45) is 7.05 Å². The third-order valence-corrected chi connectivity index (χ3v) is 7.50. The molecule has 0 N–H and O–H groups in total. The van der Waals surface area contributed by atoms with Crippen molar-refractivity contribution in [2.75, 3.05) is 30.0 Å². The molecule has 2 aliphatic heterocycles. The van der Waals surface area contributed by atoms with Gasteiger partial charge in [0.25, 0.3) is 0 Å². The van der Waals surface area contributed by atoms with Gasteiger partial charge in [0.1, 0.15) is 11.4 Å². The van der Waals surface area contributed by atoms with Crippen molar-refractivity contribution in [3.05, 3.63) is 65.1 Å². The van der Waals surface area contributed by atoms with Crippen molar-refractivity contribution in [2.45, 2.75) is 51.5 Å². The number of ether oxygens (including phenoxy) is 1. The molecule has 0 bridgehead atoms. The fourth-order valence-corrected chi connectivity index (χ4v) is 5.70. The van der Waals surface area contributed by atoms with Crippen LogP contribution < -0.4 is 14.5 Å². The van der Waals surface area contributed by atoms with Gasteiger partial charge in [-0.15, -0.1) is 0 Å². The third-order valence-electron chi connectivity index (χ3n) is 7.50. The Morgan fingerprint density at radius 2 is 1.84 bits per heavy atom. The van der Waals surface area contributed by atoms with Crippen LogP contribution in [0.25, 0.3) is 0 Å². The zero-order chi connectivity index (χ0) is 27.2. The molecule has 2 amide bonds. The number of nitrogens with zero attached hydrogens (tertiary/aromatic N) is 6. The number of carbonyl (C=O) groups excluding carboxylic acids is 1. The average Bonchev–Trinajstić information content (AvgIpc) is 3.28. The number of hydrogen-bond acceptors (Lipinski definition) is 5. The average molecular weight is 529 g/mol. The van der Waals surface area contributed by atoms with Crippen LogP contribution in [-0.4, -0.2) is 51.9 Å². The lowest BCUT2D eigenvalue weighted by Gasteiger charge is -2.46.